The van der Waals surface area contributed by atoms with E-state index >= 15 is 0 Å². The molecule has 9 heteroatoms. The molecule has 2 rings (SSSR count). The third-order valence-corrected chi connectivity index (χ3v) is 3.44. The van der Waals surface area contributed by atoms with Crippen molar-refractivity contribution in [1.82, 2.24) is 15.5 Å². The van der Waals surface area contributed by atoms with E-state index in [9.17, 15) is 19.2 Å². The van der Waals surface area contributed by atoms with Crippen molar-refractivity contribution in [3.05, 3.63) is 24.4 Å². The van der Waals surface area contributed by atoms with Crippen molar-refractivity contribution in [2.24, 2.45) is 4.99 Å². The van der Waals surface area contributed by atoms with Gasteiger partial charge in [0, 0.05) is 6.20 Å². The van der Waals surface area contributed by atoms with Crippen molar-refractivity contribution >= 4 is 29.5 Å². The van der Waals surface area contributed by atoms with Crippen molar-refractivity contribution in [2.45, 2.75) is 18.9 Å². The highest BCUT2D eigenvalue weighted by Crippen LogP contribution is 2.27. The van der Waals surface area contributed by atoms with Gasteiger partial charge in [-0.1, -0.05) is 6.08 Å². The second kappa shape index (κ2) is 6.42. The summed E-state index contributed by atoms with van der Waals surface area (Å²) in [6.45, 7) is 0.671. The number of amidine groups is 1. The molecular formula is C14H16N4O5. The summed E-state index contributed by atoms with van der Waals surface area (Å²) in [5.74, 6) is -2.40. The molecule has 2 aliphatic rings. The Balaban J connectivity index is 2.03. The lowest BCUT2D eigenvalue weighted by Crippen LogP contribution is -2.60. The predicted octanol–water partition coefficient (Wildman–Crippen LogP) is -1.22. The van der Waals surface area contributed by atoms with Crippen LogP contribution in [0.1, 0.15) is 13.3 Å². The number of carbonyl (C=O) groups excluding carboxylic acids is 3. The Kier molecular flexibility index (Phi) is 4.58. The van der Waals surface area contributed by atoms with Crippen LogP contribution in [0.2, 0.25) is 0 Å². The first-order valence-corrected chi connectivity index (χ1v) is 6.85. The number of carbonyl (C=O) groups is 4. The molecule has 0 spiro atoms. The Morgan fingerprint density at radius 2 is 2.04 bits per heavy atom. The van der Waals surface area contributed by atoms with Crippen molar-refractivity contribution in [1.29, 1.82) is 0 Å². The standard InChI is InChI=1S/C14H16N4O5/c1-14(13(23)16-7-11(20)15-8-12(21)22)6-10(19)17-9-4-2-3-5-18(9)14/h2-5H,6-8H2,1H3,(H,15,20)(H,16,23)(H,21,22). The number of carboxylic acid groups (broad SMARTS) is 1. The van der Waals surface area contributed by atoms with Gasteiger partial charge in [-0.25, -0.2) is 0 Å². The lowest BCUT2D eigenvalue weighted by Gasteiger charge is -2.41. The van der Waals surface area contributed by atoms with Crippen LogP contribution in [-0.4, -0.2) is 58.2 Å². The molecule has 0 fully saturated rings. The Morgan fingerprint density at radius 3 is 2.74 bits per heavy atom. The molecule has 1 unspecified atom stereocenters. The van der Waals surface area contributed by atoms with Gasteiger partial charge in [0.25, 0.3) is 5.91 Å². The fourth-order valence-corrected chi connectivity index (χ4v) is 2.27. The molecule has 9 nitrogen and oxygen atoms in total. The van der Waals surface area contributed by atoms with Gasteiger partial charge in [-0.15, -0.1) is 0 Å². The minimum absolute atomic E-state index is 0.128. The Labute approximate surface area is 131 Å². The van der Waals surface area contributed by atoms with E-state index in [1.165, 1.54) is 0 Å². The molecule has 1 atom stereocenters. The topological polar surface area (TPSA) is 128 Å². The Hall–Kier alpha value is -2.97. The molecule has 0 saturated heterocycles. The predicted molar refractivity (Wildman–Crippen MR) is 79.2 cm³/mol. The van der Waals surface area contributed by atoms with Crippen molar-refractivity contribution < 1.29 is 24.3 Å². The van der Waals surface area contributed by atoms with E-state index in [1.54, 1.807) is 36.3 Å². The van der Waals surface area contributed by atoms with Crippen LogP contribution < -0.4 is 10.6 Å². The summed E-state index contributed by atoms with van der Waals surface area (Å²) in [7, 11) is 0. The van der Waals surface area contributed by atoms with E-state index in [4.69, 9.17) is 5.11 Å². The number of allylic oxidation sites excluding steroid dienone is 2. The van der Waals surface area contributed by atoms with Gasteiger partial charge in [-0.3, -0.25) is 19.2 Å². The minimum Gasteiger partial charge on any atom is -0.480 e. The second-order valence-electron chi connectivity index (χ2n) is 5.24. The van der Waals surface area contributed by atoms with Crippen LogP contribution >= 0.6 is 0 Å². The van der Waals surface area contributed by atoms with E-state index in [0.717, 1.165) is 0 Å². The summed E-state index contributed by atoms with van der Waals surface area (Å²) in [5.41, 5.74) is -1.21. The first kappa shape index (κ1) is 16.4. The summed E-state index contributed by atoms with van der Waals surface area (Å²) in [5, 5.41) is 13.0. The zero-order valence-corrected chi connectivity index (χ0v) is 12.4. The van der Waals surface area contributed by atoms with Gasteiger partial charge in [-0.2, -0.15) is 4.99 Å². The molecule has 2 heterocycles. The average molecular weight is 320 g/mol. The first-order valence-electron chi connectivity index (χ1n) is 6.85. The molecule has 122 valence electrons. The van der Waals surface area contributed by atoms with Crippen LogP contribution in [0.5, 0.6) is 0 Å². The normalized spacial score (nSPS) is 22.2. The molecule has 0 radical (unpaired) electrons. The Bertz CT molecular complexity index is 652. The van der Waals surface area contributed by atoms with Gasteiger partial charge < -0.3 is 20.6 Å². The van der Waals surface area contributed by atoms with E-state index in [-0.39, 0.29) is 13.0 Å². The number of aliphatic imine (C=N–C) groups is 1. The quantitative estimate of drug-likeness (QED) is 0.582. The fraction of sp³-hybridized carbons (Fsp3) is 0.357. The van der Waals surface area contributed by atoms with E-state index in [2.05, 4.69) is 15.6 Å². The Morgan fingerprint density at radius 1 is 1.30 bits per heavy atom. The lowest BCUT2D eigenvalue weighted by atomic mass is 9.91. The molecule has 0 bridgehead atoms. The lowest BCUT2D eigenvalue weighted by molar-refractivity contribution is -0.138. The zero-order chi connectivity index (χ0) is 17.0. The molecule has 3 amide bonds. The highest BCUT2D eigenvalue weighted by Gasteiger charge is 2.45. The molecule has 0 saturated carbocycles. The van der Waals surface area contributed by atoms with E-state index < -0.39 is 35.8 Å². The van der Waals surface area contributed by atoms with Crippen LogP contribution in [-0.2, 0) is 19.2 Å². The monoisotopic (exact) mass is 320 g/mol. The highest BCUT2D eigenvalue weighted by molar-refractivity contribution is 6.09. The van der Waals surface area contributed by atoms with Gasteiger partial charge in [-0.05, 0) is 19.1 Å². The SMILES string of the molecule is CC1(C(=O)NCC(=O)NCC(=O)O)CC(=O)N=C2C=CC=CN21. The van der Waals surface area contributed by atoms with Crippen LogP contribution in [0.3, 0.4) is 0 Å². The fourth-order valence-electron chi connectivity index (χ4n) is 2.27. The summed E-state index contributed by atoms with van der Waals surface area (Å²) >= 11 is 0. The minimum atomic E-state index is -1.21. The summed E-state index contributed by atoms with van der Waals surface area (Å²) < 4.78 is 0. The molecule has 2 aliphatic heterocycles. The molecule has 3 N–H and O–H groups in total. The van der Waals surface area contributed by atoms with Gasteiger partial charge in [0.05, 0.1) is 13.0 Å². The molecule has 0 aromatic heterocycles. The smallest absolute Gasteiger partial charge is 0.322 e. The van der Waals surface area contributed by atoms with E-state index in [0.29, 0.717) is 5.84 Å². The summed E-state index contributed by atoms with van der Waals surface area (Å²) in [6, 6.07) is 0. The van der Waals surface area contributed by atoms with Gasteiger partial charge in [0.1, 0.15) is 17.9 Å². The highest BCUT2D eigenvalue weighted by atomic mass is 16.4. The first-order chi connectivity index (χ1) is 10.8. The number of fused-ring (bicyclic) bond motifs is 1. The number of nitrogens with zero attached hydrogens (tertiary/aromatic N) is 2. The molecule has 23 heavy (non-hydrogen) atoms. The summed E-state index contributed by atoms with van der Waals surface area (Å²) in [6.07, 6.45) is 6.53. The molecular weight excluding hydrogens is 304 g/mol. The second-order valence-corrected chi connectivity index (χ2v) is 5.24. The molecule has 0 aliphatic carbocycles. The van der Waals surface area contributed by atoms with Gasteiger partial charge in [0.15, 0.2) is 0 Å². The number of amides is 3. The van der Waals surface area contributed by atoms with Crippen LogP contribution in [0.4, 0.5) is 0 Å². The van der Waals surface area contributed by atoms with Crippen LogP contribution in [0.25, 0.3) is 0 Å². The number of nitrogens with one attached hydrogen (secondary N) is 2. The maximum atomic E-state index is 12.4. The number of hydrogen-bond donors (Lipinski definition) is 3. The van der Waals surface area contributed by atoms with Crippen molar-refractivity contribution in [3.63, 3.8) is 0 Å². The van der Waals surface area contributed by atoms with Crippen LogP contribution in [0.15, 0.2) is 29.4 Å². The third kappa shape index (κ3) is 3.62. The molecule has 0 aromatic rings. The maximum absolute atomic E-state index is 12.4. The summed E-state index contributed by atoms with van der Waals surface area (Å²) in [4.78, 5) is 51.5. The number of hydrogen-bond acceptors (Lipinski definition) is 5. The van der Waals surface area contributed by atoms with Crippen LogP contribution in [0, 0.1) is 0 Å². The molecule has 0 aromatic carbocycles. The van der Waals surface area contributed by atoms with Gasteiger partial charge >= 0.3 is 5.97 Å². The van der Waals surface area contributed by atoms with Crippen molar-refractivity contribution in [2.75, 3.05) is 13.1 Å². The van der Waals surface area contributed by atoms with Crippen molar-refractivity contribution in [3.8, 4) is 0 Å². The third-order valence-electron chi connectivity index (χ3n) is 3.44. The zero-order valence-electron chi connectivity index (χ0n) is 12.4. The van der Waals surface area contributed by atoms with E-state index in [1.807, 2.05) is 0 Å². The largest absolute Gasteiger partial charge is 0.480 e. The number of carboxylic acids is 1. The number of aliphatic carboxylic acids is 1. The maximum Gasteiger partial charge on any atom is 0.322 e. The number of rotatable bonds is 5. The van der Waals surface area contributed by atoms with Gasteiger partial charge in [0.2, 0.25) is 11.8 Å². The average Bonchev–Trinajstić information content (AvgIpc) is 2.50.